The van der Waals surface area contributed by atoms with Crippen LogP contribution in [0.2, 0.25) is 0 Å². The Kier molecular flexibility index (Phi) is 6.80. The van der Waals surface area contributed by atoms with Crippen molar-refractivity contribution in [3.05, 3.63) is 0 Å². The number of carbonyl (C=O) groups is 1. The van der Waals surface area contributed by atoms with Gasteiger partial charge in [0.25, 0.3) is 0 Å². The monoisotopic (exact) mass is 270 g/mol. The number of primary amides is 1. The normalized spacial score (nSPS) is 19.9. The first kappa shape index (κ1) is 16.4. The van der Waals surface area contributed by atoms with E-state index in [1.807, 2.05) is 6.92 Å². The van der Waals surface area contributed by atoms with Crippen LogP contribution in [0.3, 0.4) is 0 Å². The molecule has 0 bridgehead atoms. The molecular weight excluding hydrogens is 240 g/mol. The van der Waals surface area contributed by atoms with Crippen molar-refractivity contribution in [1.29, 1.82) is 0 Å². The van der Waals surface area contributed by atoms with Gasteiger partial charge in [-0.05, 0) is 52.4 Å². The molecule has 1 amide bonds. The van der Waals surface area contributed by atoms with Gasteiger partial charge < -0.3 is 15.8 Å². The molecule has 4 nitrogen and oxygen atoms in total. The first-order valence-electron chi connectivity index (χ1n) is 7.67. The summed E-state index contributed by atoms with van der Waals surface area (Å²) in [6.07, 6.45) is 7.71. The highest BCUT2D eigenvalue weighted by Gasteiger charge is 2.36. The zero-order chi connectivity index (χ0) is 14.3. The van der Waals surface area contributed by atoms with E-state index in [1.165, 1.54) is 12.8 Å². The molecule has 0 aliphatic heterocycles. The number of carbonyl (C=O) groups excluding carboxylic acids is 1. The van der Waals surface area contributed by atoms with Crippen LogP contribution in [-0.2, 0) is 9.53 Å². The zero-order valence-corrected chi connectivity index (χ0v) is 12.7. The lowest BCUT2D eigenvalue weighted by molar-refractivity contribution is -0.124. The van der Waals surface area contributed by atoms with E-state index < -0.39 is 5.54 Å². The number of ether oxygens (including phenoxy) is 1. The van der Waals surface area contributed by atoms with Crippen molar-refractivity contribution in [3.63, 3.8) is 0 Å². The van der Waals surface area contributed by atoms with Crippen LogP contribution < -0.4 is 11.1 Å². The van der Waals surface area contributed by atoms with Gasteiger partial charge in [0.15, 0.2) is 0 Å². The van der Waals surface area contributed by atoms with Crippen LogP contribution in [0.25, 0.3) is 0 Å². The highest BCUT2D eigenvalue weighted by molar-refractivity contribution is 5.84. The van der Waals surface area contributed by atoms with Gasteiger partial charge in [0.05, 0.1) is 11.6 Å². The van der Waals surface area contributed by atoms with Crippen molar-refractivity contribution < 1.29 is 9.53 Å². The second kappa shape index (κ2) is 7.85. The van der Waals surface area contributed by atoms with Crippen molar-refractivity contribution in [2.45, 2.75) is 83.4 Å². The van der Waals surface area contributed by atoms with Gasteiger partial charge in [-0.25, -0.2) is 0 Å². The van der Waals surface area contributed by atoms with Gasteiger partial charge in [-0.1, -0.05) is 13.3 Å². The number of hydrogen-bond acceptors (Lipinski definition) is 3. The van der Waals surface area contributed by atoms with Gasteiger partial charge in [0.2, 0.25) is 5.91 Å². The molecule has 0 aromatic carbocycles. The van der Waals surface area contributed by atoms with Gasteiger partial charge in [-0.3, -0.25) is 4.79 Å². The second-order valence-electron chi connectivity index (χ2n) is 6.04. The third-order valence-electron chi connectivity index (χ3n) is 3.81. The lowest BCUT2D eigenvalue weighted by atomic mass is 9.94. The van der Waals surface area contributed by atoms with Crippen LogP contribution in [0.1, 0.15) is 65.7 Å². The van der Waals surface area contributed by atoms with Gasteiger partial charge >= 0.3 is 0 Å². The summed E-state index contributed by atoms with van der Waals surface area (Å²) in [5.41, 5.74) is 4.97. The summed E-state index contributed by atoms with van der Waals surface area (Å²) in [7, 11) is 0. The largest absolute Gasteiger partial charge is 0.379 e. The van der Waals surface area contributed by atoms with Crippen LogP contribution >= 0.6 is 0 Å². The van der Waals surface area contributed by atoms with Gasteiger partial charge in [0, 0.05) is 12.6 Å². The van der Waals surface area contributed by atoms with Crippen molar-refractivity contribution in [1.82, 2.24) is 5.32 Å². The maximum atomic E-state index is 11.6. The predicted octanol–water partition coefficient (Wildman–Crippen LogP) is 2.36. The summed E-state index contributed by atoms with van der Waals surface area (Å²) in [6, 6.07) is 0.498. The number of unbranched alkanes of at least 4 members (excludes halogenated alkanes) is 1. The fourth-order valence-electron chi connectivity index (χ4n) is 2.30. The molecule has 3 N–H and O–H groups in total. The fourth-order valence-corrected chi connectivity index (χ4v) is 2.30. The average molecular weight is 270 g/mol. The topological polar surface area (TPSA) is 64.3 Å². The zero-order valence-electron chi connectivity index (χ0n) is 12.7. The van der Waals surface area contributed by atoms with E-state index in [9.17, 15) is 4.79 Å². The molecule has 1 rings (SSSR count). The molecule has 1 fully saturated rings. The van der Waals surface area contributed by atoms with Gasteiger partial charge in [0.1, 0.15) is 0 Å². The van der Waals surface area contributed by atoms with E-state index >= 15 is 0 Å². The number of amides is 1. The van der Waals surface area contributed by atoms with E-state index in [0.717, 1.165) is 38.7 Å². The minimum absolute atomic E-state index is 0.236. The first-order chi connectivity index (χ1) is 8.98. The van der Waals surface area contributed by atoms with Crippen molar-refractivity contribution >= 4 is 5.91 Å². The summed E-state index contributed by atoms with van der Waals surface area (Å²) >= 11 is 0. The van der Waals surface area contributed by atoms with E-state index in [1.54, 1.807) is 0 Å². The van der Waals surface area contributed by atoms with Crippen LogP contribution in [0.4, 0.5) is 0 Å². The molecule has 0 heterocycles. The molecule has 0 aromatic rings. The molecule has 0 spiro atoms. The highest BCUT2D eigenvalue weighted by Crippen LogP contribution is 2.25. The molecule has 19 heavy (non-hydrogen) atoms. The summed E-state index contributed by atoms with van der Waals surface area (Å²) in [5, 5.41) is 3.37. The summed E-state index contributed by atoms with van der Waals surface area (Å²) in [5.74, 6) is -0.236. The van der Waals surface area contributed by atoms with Gasteiger partial charge in [-0.15, -0.1) is 0 Å². The first-order valence-corrected chi connectivity index (χ1v) is 7.67. The van der Waals surface area contributed by atoms with Crippen molar-refractivity contribution in [2.75, 3.05) is 6.61 Å². The molecule has 4 heteroatoms. The van der Waals surface area contributed by atoms with Crippen LogP contribution in [0.15, 0.2) is 0 Å². The third kappa shape index (κ3) is 6.39. The second-order valence-corrected chi connectivity index (χ2v) is 6.04. The fraction of sp³-hybridized carbons (Fsp3) is 0.933. The molecule has 1 aliphatic carbocycles. The molecular formula is C15H30N2O2. The van der Waals surface area contributed by atoms with E-state index in [4.69, 9.17) is 10.5 Å². The summed E-state index contributed by atoms with van der Waals surface area (Å²) in [6.45, 7) is 6.99. The predicted molar refractivity (Wildman–Crippen MR) is 77.9 cm³/mol. The highest BCUT2D eigenvalue weighted by atomic mass is 16.5. The molecule has 1 aliphatic rings. The Hall–Kier alpha value is -0.610. The molecule has 0 saturated heterocycles. The minimum atomic E-state index is -0.545. The van der Waals surface area contributed by atoms with Crippen LogP contribution in [0.5, 0.6) is 0 Å². The molecule has 1 saturated carbocycles. The van der Waals surface area contributed by atoms with Crippen molar-refractivity contribution in [3.8, 4) is 0 Å². The number of hydrogen-bond donors (Lipinski definition) is 2. The van der Waals surface area contributed by atoms with Gasteiger partial charge in [-0.2, -0.15) is 0 Å². The Morgan fingerprint density at radius 2 is 2.16 bits per heavy atom. The van der Waals surface area contributed by atoms with Crippen LogP contribution in [-0.4, -0.2) is 30.2 Å². The Labute approximate surface area is 117 Å². The molecule has 0 radical (unpaired) electrons. The maximum Gasteiger partial charge on any atom is 0.237 e. The van der Waals surface area contributed by atoms with Crippen LogP contribution in [0, 0.1) is 0 Å². The third-order valence-corrected chi connectivity index (χ3v) is 3.81. The standard InChI is InChI=1S/C15H30N2O2/c1-4-7-12(2)19-11-6-5-10-15(3,14(16)18)17-13-8-9-13/h12-13,17H,4-11H2,1-3H3,(H2,16,18). The van der Waals surface area contributed by atoms with E-state index in [2.05, 4.69) is 19.2 Å². The number of rotatable bonds is 11. The quantitative estimate of drug-likeness (QED) is 0.566. The molecule has 112 valence electrons. The molecule has 2 atom stereocenters. The Balaban J connectivity index is 2.16. The minimum Gasteiger partial charge on any atom is -0.379 e. The Morgan fingerprint density at radius 1 is 1.47 bits per heavy atom. The Morgan fingerprint density at radius 3 is 2.68 bits per heavy atom. The SMILES string of the molecule is CCCC(C)OCCCCC(C)(NC1CC1)C(N)=O. The van der Waals surface area contributed by atoms with Crippen molar-refractivity contribution in [2.24, 2.45) is 5.73 Å². The maximum absolute atomic E-state index is 11.6. The smallest absolute Gasteiger partial charge is 0.237 e. The molecule has 2 unspecified atom stereocenters. The Bertz CT molecular complexity index is 279. The number of nitrogens with two attached hydrogens (primary N) is 1. The summed E-state index contributed by atoms with van der Waals surface area (Å²) in [4.78, 5) is 11.6. The van der Waals surface area contributed by atoms with E-state index in [-0.39, 0.29) is 5.91 Å². The lowest BCUT2D eigenvalue weighted by Crippen LogP contribution is -2.53. The summed E-state index contributed by atoms with van der Waals surface area (Å²) < 4.78 is 5.71. The number of nitrogens with one attached hydrogen (secondary N) is 1. The molecule has 0 aromatic heterocycles. The lowest BCUT2D eigenvalue weighted by Gasteiger charge is -2.27. The van der Waals surface area contributed by atoms with E-state index in [0.29, 0.717) is 12.1 Å². The average Bonchev–Trinajstić information content (AvgIpc) is 3.12.